The Hall–Kier alpha value is -2.43. The fourth-order valence-electron chi connectivity index (χ4n) is 1.31. The van der Waals surface area contributed by atoms with Crippen molar-refractivity contribution < 1.29 is 18.0 Å². The molecule has 0 aliphatic heterocycles. The van der Waals surface area contributed by atoms with Gasteiger partial charge in [-0.25, -0.2) is 8.78 Å². The summed E-state index contributed by atoms with van der Waals surface area (Å²) in [6.07, 6.45) is 4.11. The molecule has 1 aromatic heterocycles. The summed E-state index contributed by atoms with van der Waals surface area (Å²) in [6, 6.07) is 6.27. The third-order valence-corrected chi connectivity index (χ3v) is 2.13. The molecule has 0 bridgehead atoms. The van der Waals surface area contributed by atoms with Crippen molar-refractivity contribution in [1.82, 2.24) is 0 Å². The topological polar surface area (TPSA) is 42.2 Å². The van der Waals surface area contributed by atoms with Crippen LogP contribution in [0.4, 0.5) is 14.5 Å². The van der Waals surface area contributed by atoms with E-state index >= 15 is 0 Å². The SMILES string of the molecule is O=C(/C=C/c1ccco1)Nc1ccc(F)cc1F. The average Bonchev–Trinajstić information content (AvgIpc) is 2.83. The van der Waals surface area contributed by atoms with Gasteiger partial charge in [-0.05, 0) is 30.3 Å². The first-order valence-electron chi connectivity index (χ1n) is 5.13. The van der Waals surface area contributed by atoms with E-state index in [0.717, 1.165) is 12.1 Å². The van der Waals surface area contributed by atoms with Gasteiger partial charge in [0.2, 0.25) is 5.91 Å². The Bertz CT molecular complexity index is 577. The van der Waals surface area contributed by atoms with Crippen LogP contribution < -0.4 is 5.32 Å². The van der Waals surface area contributed by atoms with Crippen molar-refractivity contribution in [3.63, 3.8) is 0 Å². The quantitative estimate of drug-likeness (QED) is 0.849. The highest BCUT2D eigenvalue weighted by molar-refractivity contribution is 6.01. The predicted octanol–water partition coefficient (Wildman–Crippen LogP) is 3.21. The van der Waals surface area contributed by atoms with Crippen molar-refractivity contribution >= 4 is 17.7 Å². The van der Waals surface area contributed by atoms with Crippen LogP contribution in [0.5, 0.6) is 0 Å². The Morgan fingerprint density at radius 1 is 1.28 bits per heavy atom. The summed E-state index contributed by atoms with van der Waals surface area (Å²) in [6.45, 7) is 0. The van der Waals surface area contributed by atoms with Gasteiger partial charge in [-0.2, -0.15) is 0 Å². The number of nitrogens with one attached hydrogen (secondary N) is 1. The van der Waals surface area contributed by atoms with Crippen molar-refractivity contribution in [2.75, 3.05) is 5.32 Å². The molecule has 1 amide bonds. The molecule has 1 heterocycles. The molecule has 18 heavy (non-hydrogen) atoms. The second-order valence-electron chi connectivity index (χ2n) is 3.46. The lowest BCUT2D eigenvalue weighted by Gasteiger charge is -2.03. The second kappa shape index (κ2) is 5.27. The number of amides is 1. The average molecular weight is 249 g/mol. The van der Waals surface area contributed by atoms with Crippen LogP contribution in [-0.4, -0.2) is 5.91 Å². The maximum Gasteiger partial charge on any atom is 0.248 e. The van der Waals surface area contributed by atoms with Crippen LogP contribution in [0.1, 0.15) is 5.76 Å². The van der Waals surface area contributed by atoms with E-state index < -0.39 is 17.5 Å². The Kier molecular flexibility index (Phi) is 3.52. The molecular formula is C13H9F2NO2. The van der Waals surface area contributed by atoms with Crippen LogP contribution in [-0.2, 0) is 4.79 Å². The summed E-state index contributed by atoms with van der Waals surface area (Å²) in [7, 11) is 0. The van der Waals surface area contributed by atoms with Crippen LogP contribution in [0.25, 0.3) is 6.08 Å². The van der Waals surface area contributed by atoms with Crippen molar-refractivity contribution in [2.45, 2.75) is 0 Å². The molecule has 1 aromatic carbocycles. The number of hydrogen-bond acceptors (Lipinski definition) is 2. The smallest absolute Gasteiger partial charge is 0.248 e. The molecule has 92 valence electrons. The summed E-state index contributed by atoms with van der Waals surface area (Å²) in [4.78, 5) is 11.4. The molecule has 2 aromatic rings. The maximum atomic E-state index is 13.2. The molecule has 2 rings (SSSR count). The number of furan rings is 1. The standard InChI is InChI=1S/C13H9F2NO2/c14-9-3-5-12(11(15)8-9)16-13(17)6-4-10-2-1-7-18-10/h1-8H,(H,16,17)/b6-4+. The van der Waals surface area contributed by atoms with E-state index in [0.29, 0.717) is 11.8 Å². The number of benzene rings is 1. The van der Waals surface area contributed by atoms with Crippen LogP contribution in [0.3, 0.4) is 0 Å². The number of carbonyl (C=O) groups is 1. The van der Waals surface area contributed by atoms with E-state index in [-0.39, 0.29) is 5.69 Å². The van der Waals surface area contributed by atoms with Crippen molar-refractivity contribution in [1.29, 1.82) is 0 Å². The number of rotatable bonds is 3. The number of hydrogen-bond donors (Lipinski definition) is 1. The van der Waals surface area contributed by atoms with E-state index in [1.165, 1.54) is 18.4 Å². The van der Waals surface area contributed by atoms with Gasteiger partial charge in [-0.3, -0.25) is 4.79 Å². The van der Waals surface area contributed by atoms with E-state index in [1.54, 1.807) is 12.1 Å². The molecule has 0 radical (unpaired) electrons. The zero-order valence-corrected chi connectivity index (χ0v) is 9.19. The molecule has 0 saturated heterocycles. The minimum Gasteiger partial charge on any atom is -0.465 e. The van der Waals surface area contributed by atoms with E-state index in [4.69, 9.17) is 4.42 Å². The lowest BCUT2D eigenvalue weighted by atomic mass is 10.3. The molecule has 0 aliphatic carbocycles. The highest BCUT2D eigenvalue weighted by Crippen LogP contribution is 2.15. The van der Waals surface area contributed by atoms with Crippen LogP contribution in [0, 0.1) is 11.6 Å². The summed E-state index contributed by atoms with van der Waals surface area (Å²) >= 11 is 0. The molecule has 0 saturated carbocycles. The fraction of sp³-hybridized carbons (Fsp3) is 0. The molecule has 0 spiro atoms. The normalized spacial score (nSPS) is 10.8. The summed E-state index contributed by atoms with van der Waals surface area (Å²) < 4.78 is 30.8. The molecule has 5 heteroatoms. The maximum absolute atomic E-state index is 13.2. The third-order valence-electron chi connectivity index (χ3n) is 2.13. The third kappa shape index (κ3) is 3.04. The van der Waals surface area contributed by atoms with Gasteiger partial charge in [0.05, 0.1) is 12.0 Å². The van der Waals surface area contributed by atoms with Gasteiger partial charge in [-0.1, -0.05) is 0 Å². The molecule has 0 fully saturated rings. The summed E-state index contributed by atoms with van der Waals surface area (Å²) in [5, 5.41) is 2.29. The van der Waals surface area contributed by atoms with Crippen LogP contribution >= 0.6 is 0 Å². The Balaban J connectivity index is 2.03. The predicted molar refractivity (Wildman–Crippen MR) is 62.7 cm³/mol. The zero-order valence-electron chi connectivity index (χ0n) is 9.19. The van der Waals surface area contributed by atoms with Crippen LogP contribution in [0.2, 0.25) is 0 Å². The molecule has 0 unspecified atom stereocenters. The first-order chi connectivity index (χ1) is 8.65. The Labute approximate surface area is 102 Å². The van der Waals surface area contributed by atoms with Gasteiger partial charge in [0.1, 0.15) is 17.4 Å². The highest BCUT2D eigenvalue weighted by atomic mass is 19.1. The van der Waals surface area contributed by atoms with Gasteiger partial charge in [0.15, 0.2) is 0 Å². The Morgan fingerprint density at radius 3 is 2.78 bits per heavy atom. The van der Waals surface area contributed by atoms with E-state index in [2.05, 4.69) is 5.32 Å². The van der Waals surface area contributed by atoms with Gasteiger partial charge in [0.25, 0.3) is 0 Å². The number of carbonyl (C=O) groups excluding carboxylic acids is 1. The highest BCUT2D eigenvalue weighted by Gasteiger charge is 2.05. The van der Waals surface area contributed by atoms with Gasteiger partial charge < -0.3 is 9.73 Å². The first kappa shape index (κ1) is 12.0. The van der Waals surface area contributed by atoms with Crippen molar-refractivity contribution in [3.05, 3.63) is 60.1 Å². The van der Waals surface area contributed by atoms with Gasteiger partial charge >= 0.3 is 0 Å². The molecule has 1 N–H and O–H groups in total. The van der Waals surface area contributed by atoms with Gasteiger partial charge in [0, 0.05) is 12.1 Å². The second-order valence-corrected chi connectivity index (χ2v) is 3.46. The molecule has 0 atom stereocenters. The summed E-state index contributed by atoms with van der Waals surface area (Å²) in [5.41, 5.74) is -0.0782. The lowest BCUT2D eigenvalue weighted by molar-refractivity contribution is -0.111. The van der Waals surface area contributed by atoms with Gasteiger partial charge in [-0.15, -0.1) is 0 Å². The lowest BCUT2D eigenvalue weighted by Crippen LogP contribution is -2.09. The minimum atomic E-state index is -0.824. The molecular weight excluding hydrogens is 240 g/mol. The molecule has 0 aliphatic rings. The Morgan fingerprint density at radius 2 is 2.11 bits per heavy atom. The zero-order chi connectivity index (χ0) is 13.0. The monoisotopic (exact) mass is 249 g/mol. The van der Waals surface area contributed by atoms with Crippen molar-refractivity contribution in [2.24, 2.45) is 0 Å². The van der Waals surface area contributed by atoms with Crippen LogP contribution in [0.15, 0.2) is 47.1 Å². The number of halogens is 2. The number of anilines is 1. The van der Waals surface area contributed by atoms with Crippen molar-refractivity contribution in [3.8, 4) is 0 Å². The fourth-order valence-corrected chi connectivity index (χ4v) is 1.31. The molecule has 3 nitrogen and oxygen atoms in total. The minimum absolute atomic E-state index is 0.0782. The van der Waals surface area contributed by atoms with E-state index in [1.807, 2.05) is 0 Å². The van der Waals surface area contributed by atoms with E-state index in [9.17, 15) is 13.6 Å². The summed E-state index contributed by atoms with van der Waals surface area (Å²) in [5.74, 6) is -1.55. The largest absolute Gasteiger partial charge is 0.465 e. The first-order valence-corrected chi connectivity index (χ1v) is 5.13.